The van der Waals surface area contributed by atoms with Crippen LogP contribution in [0.5, 0.6) is 11.5 Å². The Balaban J connectivity index is 1.63. The fourth-order valence-electron chi connectivity index (χ4n) is 3.41. The molecule has 0 radical (unpaired) electrons. The number of anilines is 1. The van der Waals surface area contributed by atoms with Crippen molar-refractivity contribution in [1.82, 2.24) is 19.1 Å². The lowest BCUT2D eigenvalue weighted by molar-refractivity contribution is -0.116. The maximum absolute atomic E-state index is 13.0. The summed E-state index contributed by atoms with van der Waals surface area (Å²) in [5.41, 5.74) is 0.240. The molecule has 3 heterocycles. The Morgan fingerprint density at radius 3 is 2.58 bits per heavy atom. The van der Waals surface area contributed by atoms with E-state index >= 15 is 0 Å². The third-order valence-corrected chi connectivity index (χ3v) is 5.03. The normalized spacial score (nSPS) is 10.7. The maximum atomic E-state index is 13.0. The molecule has 0 aliphatic carbocycles. The fourth-order valence-corrected chi connectivity index (χ4v) is 3.41. The topological polar surface area (TPSA) is 117 Å². The Morgan fingerprint density at radius 1 is 1.06 bits per heavy atom. The molecule has 168 valence electrons. The molecule has 0 atom stereocenters. The molecule has 2 aliphatic rings. The summed E-state index contributed by atoms with van der Waals surface area (Å²) in [6, 6.07) is 11.7. The zero-order chi connectivity index (χ0) is 23.4. The van der Waals surface area contributed by atoms with Gasteiger partial charge in [-0.25, -0.2) is 4.79 Å². The molecule has 0 spiro atoms. The van der Waals surface area contributed by atoms with Crippen LogP contribution in [0.3, 0.4) is 0 Å². The average Bonchev–Trinajstić information content (AvgIpc) is 2.83. The molecule has 0 fully saturated rings. The minimum atomic E-state index is -0.695. The SMILES string of the molecule is COc1ccc(OC)c(NC(=O)Cn2cccc3c(=O)n(Cc4ccncc4)c(=O)nc2-3)c1. The highest BCUT2D eigenvalue weighted by atomic mass is 16.5. The summed E-state index contributed by atoms with van der Waals surface area (Å²) in [7, 11) is 3.01. The number of fused-ring (bicyclic) bond motifs is 1. The Kier molecular flexibility index (Phi) is 6.16. The van der Waals surface area contributed by atoms with Gasteiger partial charge in [-0.2, -0.15) is 4.98 Å². The van der Waals surface area contributed by atoms with Gasteiger partial charge in [0.25, 0.3) is 5.56 Å². The van der Waals surface area contributed by atoms with E-state index in [4.69, 9.17) is 9.47 Å². The molecule has 4 rings (SSSR count). The van der Waals surface area contributed by atoms with Gasteiger partial charge >= 0.3 is 5.69 Å². The number of hydrogen-bond donors (Lipinski definition) is 1. The van der Waals surface area contributed by atoms with Gasteiger partial charge in [0.15, 0.2) is 5.82 Å². The van der Waals surface area contributed by atoms with E-state index in [1.807, 2.05) is 0 Å². The first-order chi connectivity index (χ1) is 16.0. The van der Waals surface area contributed by atoms with E-state index in [9.17, 15) is 14.4 Å². The number of nitrogens with one attached hydrogen (secondary N) is 1. The first-order valence-electron chi connectivity index (χ1n) is 10.0. The number of rotatable bonds is 7. The summed E-state index contributed by atoms with van der Waals surface area (Å²) in [6.07, 6.45) is 4.76. The summed E-state index contributed by atoms with van der Waals surface area (Å²) < 4.78 is 13.0. The van der Waals surface area contributed by atoms with E-state index in [-0.39, 0.29) is 24.5 Å². The van der Waals surface area contributed by atoms with Gasteiger partial charge in [0, 0.05) is 24.7 Å². The number of benzene rings is 1. The van der Waals surface area contributed by atoms with Crippen molar-refractivity contribution in [2.75, 3.05) is 19.5 Å². The zero-order valence-corrected chi connectivity index (χ0v) is 18.0. The first kappa shape index (κ1) is 21.8. The highest BCUT2D eigenvalue weighted by molar-refractivity contribution is 5.92. The highest BCUT2D eigenvalue weighted by Crippen LogP contribution is 2.29. The number of nitrogens with zero attached hydrogens (tertiary/aromatic N) is 4. The van der Waals surface area contributed by atoms with Crippen molar-refractivity contribution in [3.63, 3.8) is 0 Å². The maximum Gasteiger partial charge on any atom is 0.352 e. The third kappa shape index (κ3) is 4.59. The number of carbonyl (C=O) groups excluding carboxylic acids is 1. The second-order valence-corrected chi connectivity index (χ2v) is 7.13. The van der Waals surface area contributed by atoms with Crippen LogP contribution < -0.4 is 26.0 Å². The molecular weight excluding hydrogens is 426 g/mol. The number of pyridine rings is 2. The van der Waals surface area contributed by atoms with E-state index in [0.717, 1.165) is 10.1 Å². The van der Waals surface area contributed by atoms with Crippen molar-refractivity contribution in [3.8, 4) is 22.9 Å². The first-order valence-corrected chi connectivity index (χ1v) is 10.0. The van der Waals surface area contributed by atoms with Crippen LogP contribution in [0.4, 0.5) is 5.69 Å². The number of ether oxygens (including phenoxy) is 2. The van der Waals surface area contributed by atoms with Crippen LogP contribution in [0.25, 0.3) is 11.4 Å². The lowest BCUT2D eigenvalue weighted by atomic mass is 10.2. The van der Waals surface area contributed by atoms with Crippen LogP contribution in [0.15, 0.2) is 70.6 Å². The molecule has 33 heavy (non-hydrogen) atoms. The number of hydrogen-bond acceptors (Lipinski definition) is 7. The highest BCUT2D eigenvalue weighted by Gasteiger charge is 2.19. The van der Waals surface area contributed by atoms with Gasteiger partial charge in [0.2, 0.25) is 5.91 Å². The molecule has 1 aromatic heterocycles. The third-order valence-electron chi connectivity index (χ3n) is 5.03. The summed E-state index contributed by atoms with van der Waals surface area (Å²) in [4.78, 5) is 46.4. The monoisotopic (exact) mass is 447 g/mol. The quantitative estimate of drug-likeness (QED) is 0.457. The van der Waals surface area contributed by atoms with Crippen molar-refractivity contribution in [2.45, 2.75) is 13.1 Å². The van der Waals surface area contributed by atoms with Crippen LogP contribution in [0.2, 0.25) is 0 Å². The Bertz CT molecular complexity index is 1380. The predicted octanol–water partition coefficient (Wildman–Crippen LogP) is 1.61. The summed E-state index contributed by atoms with van der Waals surface area (Å²) in [5, 5.41) is 2.76. The molecule has 0 bridgehead atoms. The number of methoxy groups -OCH3 is 2. The van der Waals surface area contributed by atoms with Gasteiger partial charge in [-0.1, -0.05) is 0 Å². The molecular formula is C23H21N5O5. The predicted molar refractivity (Wildman–Crippen MR) is 121 cm³/mol. The molecule has 0 unspecified atom stereocenters. The summed E-state index contributed by atoms with van der Waals surface area (Å²) >= 11 is 0. The molecule has 10 heteroatoms. The smallest absolute Gasteiger partial charge is 0.352 e. The van der Waals surface area contributed by atoms with Gasteiger partial charge in [0.05, 0.1) is 32.0 Å². The van der Waals surface area contributed by atoms with Crippen LogP contribution in [-0.2, 0) is 17.9 Å². The Morgan fingerprint density at radius 2 is 1.85 bits per heavy atom. The molecule has 10 nitrogen and oxygen atoms in total. The van der Waals surface area contributed by atoms with Gasteiger partial charge in [-0.3, -0.25) is 19.1 Å². The second kappa shape index (κ2) is 9.35. The molecule has 0 saturated heterocycles. The van der Waals surface area contributed by atoms with Crippen molar-refractivity contribution >= 4 is 11.6 Å². The fraction of sp³-hybridized carbons (Fsp3) is 0.174. The van der Waals surface area contributed by atoms with Crippen LogP contribution in [0.1, 0.15) is 5.56 Å². The van der Waals surface area contributed by atoms with Crippen LogP contribution >= 0.6 is 0 Å². The van der Waals surface area contributed by atoms with Crippen molar-refractivity contribution in [2.24, 2.45) is 0 Å². The van der Waals surface area contributed by atoms with E-state index < -0.39 is 17.2 Å². The molecule has 2 aromatic rings. The summed E-state index contributed by atoms with van der Waals surface area (Å²) in [6.45, 7) is -0.0912. The molecule has 1 aromatic carbocycles. The Labute approximate surface area is 188 Å². The van der Waals surface area contributed by atoms with Crippen molar-refractivity contribution < 1.29 is 14.3 Å². The van der Waals surface area contributed by atoms with Gasteiger partial charge in [0.1, 0.15) is 18.0 Å². The minimum Gasteiger partial charge on any atom is -0.497 e. The largest absolute Gasteiger partial charge is 0.497 e. The molecule has 1 amide bonds. The van der Waals surface area contributed by atoms with Gasteiger partial charge < -0.3 is 19.4 Å². The number of carbonyl (C=O) groups is 1. The van der Waals surface area contributed by atoms with Crippen molar-refractivity contribution in [3.05, 3.63) is 87.5 Å². The van der Waals surface area contributed by atoms with Crippen LogP contribution in [0, 0.1) is 0 Å². The van der Waals surface area contributed by atoms with Crippen molar-refractivity contribution in [1.29, 1.82) is 0 Å². The minimum absolute atomic E-state index is 0.0775. The van der Waals surface area contributed by atoms with Crippen LogP contribution in [-0.4, -0.2) is 39.2 Å². The molecule has 0 saturated carbocycles. The molecule has 1 N–H and O–H groups in total. The Hall–Kier alpha value is -4.47. The van der Waals surface area contributed by atoms with Gasteiger partial charge in [-0.05, 0) is 42.0 Å². The number of amides is 1. The lowest BCUT2D eigenvalue weighted by Gasteiger charge is -2.16. The van der Waals surface area contributed by atoms with E-state index in [1.165, 1.54) is 18.8 Å². The van der Waals surface area contributed by atoms with Gasteiger partial charge in [-0.15, -0.1) is 0 Å². The lowest BCUT2D eigenvalue weighted by Crippen LogP contribution is -2.38. The average molecular weight is 447 g/mol. The molecule has 2 aliphatic heterocycles. The second-order valence-electron chi connectivity index (χ2n) is 7.13. The summed E-state index contributed by atoms with van der Waals surface area (Å²) in [5.74, 6) is 0.753. The van der Waals surface area contributed by atoms with E-state index in [1.54, 1.807) is 61.1 Å². The van der Waals surface area contributed by atoms with E-state index in [2.05, 4.69) is 15.3 Å². The number of aromatic nitrogens is 4. The standard InChI is InChI=1S/C23H21N5O5/c1-32-16-5-6-19(33-2)18(12-16)25-20(29)14-27-11-3-4-17-21(27)26-23(31)28(22(17)30)13-15-7-9-24-10-8-15/h3-12H,13-14H2,1-2H3,(H,25,29). The zero-order valence-electron chi connectivity index (χ0n) is 18.0. The van der Waals surface area contributed by atoms with E-state index in [0.29, 0.717) is 17.2 Å².